The van der Waals surface area contributed by atoms with Crippen LogP contribution >= 0.6 is 0 Å². The van der Waals surface area contributed by atoms with E-state index in [1.165, 1.54) is 12.4 Å². The molecule has 1 heterocycles. The molecule has 0 bridgehead atoms. The van der Waals surface area contributed by atoms with Gasteiger partial charge in [-0.1, -0.05) is 0 Å². The quantitative estimate of drug-likeness (QED) is 0.322. The van der Waals surface area contributed by atoms with E-state index in [9.17, 15) is 0 Å². The third-order valence-electron chi connectivity index (χ3n) is 0.728. The molecule has 0 aliphatic carbocycles. The summed E-state index contributed by atoms with van der Waals surface area (Å²) in [7, 11) is 0. The topological polar surface area (TPSA) is 45.7 Å². The molecule has 0 amide bonds. The van der Waals surface area contributed by atoms with Gasteiger partial charge >= 0.3 is 45.8 Å². The molecule has 3 nitrogen and oxygen atoms in total. The molecule has 0 aliphatic heterocycles. The molecule has 4 heteroatoms. The Kier molecular flexibility index (Phi) is 1.46. The molecule has 0 aromatic carbocycles. The standard InChI is InChI=1S/C4H4BNO2/c7-6-2-4-1-5-3-8-4/h1-3,7H. The number of rotatable bonds is 1. The van der Waals surface area contributed by atoms with Gasteiger partial charge in [0.25, 0.3) is 0 Å². The Balaban J connectivity index is 2.77. The molecule has 1 aromatic rings. The van der Waals surface area contributed by atoms with Crippen molar-refractivity contribution in [3.8, 4) is 0 Å². The van der Waals surface area contributed by atoms with E-state index in [0.29, 0.717) is 5.76 Å². The SMILES string of the molecule is ON=Cc1cbco1. The number of oxime groups is 1. The van der Waals surface area contributed by atoms with Crippen LogP contribution in [0.3, 0.4) is 0 Å². The Morgan fingerprint density at radius 2 is 2.75 bits per heavy atom. The Morgan fingerprint density at radius 3 is 3.25 bits per heavy atom. The first-order valence-corrected chi connectivity index (χ1v) is 2.14. The van der Waals surface area contributed by atoms with Gasteiger partial charge in [0.05, 0.1) is 0 Å². The van der Waals surface area contributed by atoms with E-state index < -0.39 is 0 Å². The fourth-order valence-electron chi connectivity index (χ4n) is 0.422. The van der Waals surface area contributed by atoms with Crippen molar-refractivity contribution in [2.45, 2.75) is 0 Å². The first-order valence-electron chi connectivity index (χ1n) is 2.14. The molecule has 0 spiro atoms. The van der Waals surface area contributed by atoms with Gasteiger partial charge in [0.1, 0.15) is 0 Å². The molecule has 1 rings (SSSR count). The zero-order valence-electron chi connectivity index (χ0n) is 4.11. The zero-order valence-corrected chi connectivity index (χ0v) is 4.11. The van der Waals surface area contributed by atoms with E-state index in [1.54, 1.807) is 12.9 Å². The monoisotopic (exact) mass is 109 g/mol. The van der Waals surface area contributed by atoms with Gasteiger partial charge in [0.2, 0.25) is 0 Å². The second-order valence-electron chi connectivity index (χ2n) is 1.26. The van der Waals surface area contributed by atoms with Crippen LogP contribution in [0.25, 0.3) is 0 Å². The third kappa shape index (κ3) is 0.962. The van der Waals surface area contributed by atoms with E-state index in [4.69, 9.17) is 9.62 Å². The molecular weight excluding hydrogens is 105 g/mol. The Bertz CT molecular complexity index is 170. The third-order valence-corrected chi connectivity index (χ3v) is 0.728. The van der Waals surface area contributed by atoms with Crippen LogP contribution in [0.1, 0.15) is 5.76 Å². The summed E-state index contributed by atoms with van der Waals surface area (Å²) in [4.78, 5) is 0. The molecule has 0 unspecified atom stereocenters. The Morgan fingerprint density at radius 1 is 1.88 bits per heavy atom. The van der Waals surface area contributed by atoms with Gasteiger partial charge in [-0.05, 0) is 0 Å². The van der Waals surface area contributed by atoms with Crippen LogP contribution in [0.4, 0.5) is 0 Å². The van der Waals surface area contributed by atoms with E-state index in [0.717, 1.165) is 0 Å². The van der Waals surface area contributed by atoms with Crippen LogP contribution in [0, 0.1) is 0 Å². The molecule has 0 atom stereocenters. The van der Waals surface area contributed by atoms with Crippen molar-refractivity contribution in [2.75, 3.05) is 0 Å². The van der Waals surface area contributed by atoms with Crippen LogP contribution in [-0.4, -0.2) is 18.3 Å². The van der Waals surface area contributed by atoms with Crippen LogP contribution < -0.4 is 0 Å². The molecule has 1 N–H and O–H groups in total. The van der Waals surface area contributed by atoms with Crippen molar-refractivity contribution in [2.24, 2.45) is 5.16 Å². The van der Waals surface area contributed by atoms with Crippen molar-refractivity contribution in [3.63, 3.8) is 0 Å². The van der Waals surface area contributed by atoms with Gasteiger partial charge in [-0.25, -0.2) is 0 Å². The Hall–Kier alpha value is -1.06. The predicted molar refractivity (Wildman–Crippen MR) is 29.4 cm³/mol. The number of nitrogens with zero attached hydrogens (tertiary/aromatic N) is 1. The molecule has 0 radical (unpaired) electrons. The summed E-state index contributed by atoms with van der Waals surface area (Å²) in [6, 6.07) is 0. The van der Waals surface area contributed by atoms with Gasteiger partial charge in [-0.15, -0.1) is 0 Å². The average molecular weight is 109 g/mol. The average Bonchev–Trinajstić information content (AvgIpc) is 2.19. The summed E-state index contributed by atoms with van der Waals surface area (Å²) >= 11 is 0. The molecular formula is C4H4BNO2. The van der Waals surface area contributed by atoms with Gasteiger partial charge in [-0.2, -0.15) is 0 Å². The van der Waals surface area contributed by atoms with Crippen LogP contribution in [0.5, 0.6) is 0 Å². The minimum absolute atomic E-state index is 0.549. The van der Waals surface area contributed by atoms with Crippen molar-refractivity contribution in [3.05, 3.63) is 17.9 Å². The van der Waals surface area contributed by atoms with E-state index >= 15 is 0 Å². The Labute approximate surface area is 46.8 Å². The number of hydrogen-bond acceptors (Lipinski definition) is 3. The van der Waals surface area contributed by atoms with E-state index in [2.05, 4.69) is 5.16 Å². The van der Waals surface area contributed by atoms with E-state index in [1.807, 2.05) is 0 Å². The summed E-state index contributed by atoms with van der Waals surface area (Å²) < 4.78 is 4.76. The summed E-state index contributed by atoms with van der Waals surface area (Å²) in [5.41, 5.74) is 0. The first-order chi connectivity index (χ1) is 3.93. The normalized spacial score (nSPS) is 10.0. The molecule has 0 saturated heterocycles. The van der Waals surface area contributed by atoms with Gasteiger partial charge < -0.3 is 0 Å². The van der Waals surface area contributed by atoms with Crippen molar-refractivity contribution in [1.29, 1.82) is 0 Å². The van der Waals surface area contributed by atoms with Crippen LogP contribution in [0.15, 0.2) is 21.7 Å². The summed E-state index contributed by atoms with van der Waals surface area (Å²) in [5, 5.41) is 10.7. The number of hydrogen-bond donors (Lipinski definition) is 1. The van der Waals surface area contributed by atoms with Crippen molar-refractivity contribution < 1.29 is 9.62 Å². The van der Waals surface area contributed by atoms with Crippen LogP contribution in [0.2, 0.25) is 0 Å². The fourth-order valence-corrected chi connectivity index (χ4v) is 0.422. The molecule has 0 saturated carbocycles. The molecule has 0 aliphatic rings. The van der Waals surface area contributed by atoms with Gasteiger partial charge in [0.15, 0.2) is 0 Å². The van der Waals surface area contributed by atoms with Crippen molar-refractivity contribution >= 4 is 13.1 Å². The molecule has 8 heavy (non-hydrogen) atoms. The minimum atomic E-state index is 0.549. The fraction of sp³-hybridized carbons (Fsp3) is 0. The summed E-state index contributed by atoms with van der Waals surface area (Å²) in [6.45, 7) is 1.72. The van der Waals surface area contributed by atoms with Crippen molar-refractivity contribution in [1.82, 2.24) is 0 Å². The maximum atomic E-state index is 7.95. The summed E-state index contributed by atoms with van der Waals surface area (Å²) in [5.74, 6) is 2.24. The summed E-state index contributed by atoms with van der Waals surface area (Å²) in [6.07, 6.45) is 2.73. The molecule has 40 valence electrons. The van der Waals surface area contributed by atoms with Gasteiger partial charge in [0, 0.05) is 0 Å². The second-order valence-corrected chi connectivity index (χ2v) is 1.26. The maximum absolute atomic E-state index is 7.95. The first kappa shape index (κ1) is 5.09. The predicted octanol–water partition coefficient (Wildman–Crippen LogP) is 0.426. The van der Waals surface area contributed by atoms with E-state index in [-0.39, 0.29) is 0 Å². The van der Waals surface area contributed by atoms with Gasteiger partial charge in [-0.3, -0.25) is 0 Å². The molecule has 1 aromatic heterocycles. The molecule has 0 fully saturated rings. The zero-order chi connectivity index (χ0) is 5.82. The second kappa shape index (κ2) is 2.30. The van der Waals surface area contributed by atoms with Crippen LogP contribution in [-0.2, 0) is 0 Å².